The van der Waals surface area contributed by atoms with Crippen LogP contribution in [-0.2, 0) is 14.8 Å². The van der Waals surface area contributed by atoms with Crippen molar-refractivity contribution in [2.24, 2.45) is 0 Å². The summed E-state index contributed by atoms with van der Waals surface area (Å²) < 4.78 is 27.6. The Bertz CT molecular complexity index is 616. The summed E-state index contributed by atoms with van der Waals surface area (Å²) >= 11 is 3.26. The fraction of sp³-hybridized carbons (Fsp3) is 0.533. The van der Waals surface area contributed by atoms with Crippen molar-refractivity contribution < 1.29 is 13.2 Å². The number of piperidine rings is 1. The number of nitrogens with one attached hydrogen (secondary N) is 1. The van der Waals surface area contributed by atoms with Gasteiger partial charge in [-0.2, -0.15) is 0 Å². The van der Waals surface area contributed by atoms with Crippen LogP contribution in [0.1, 0.15) is 32.6 Å². The summed E-state index contributed by atoms with van der Waals surface area (Å²) in [5, 5.41) is 0. The second-order valence-corrected chi connectivity index (χ2v) is 8.11. The molecule has 2 rings (SSSR count). The molecule has 0 aromatic heterocycles. The van der Waals surface area contributed by atoms with E-state index < -0.39 is 10.0 Å². The highest BCUT2D eigenvalue weighted by Gasteiger charge is 2.26. The number of carbonyl (C=O) groups is 1. The number of halogens is 1. The van der Waals surface area contributed by atoms with E-state index in [1.54, 1.807) is 12.1 Å². The Morgan fingerprint density at radius 3 is 2.64 bits per heavy atom. The topological polar surface area (TPSA) is 66.5 Å². The van der Waals surface area contributed by atoms with Gasteiger partial charge in [0.15, 0.2) is 0 Å². The van der Waals surface area contributed by atoms with Gasteiger partial charge in [0.2, 0.25) is 15.9 Å². The number of nitrogens with zero attached hydrogens (tertiary/aromatic N) is 1. The summed E-state index contributed by atoms with van der Waals surface area (Å²) in [6, 6.07) is 6.57. The molecule has 0 saturated carbocycles. The number of carbonyl (C=O) groups excluding carboxylic acids is 1. The van der Waals surface area contributed by atoms with E-state index in [1.807, 2.05) is 4.90 Å². The molecule has 1 heterocycles. The van der Waals surface area contributed by atoms with E-state index in [0.29, 0.717) is 0 Å². The maximum Gasteiger partial charge on any atom is 0.241 e. The third kappa shape index (κ3) is 4.30. The quantitative estimate of drug-likeness (QED) is 0.842. The lowest BCUT2D eigenvalue weighted by Gasteiger charge is -2.35. The second kappa shape index (κ2) is 7.57. The lowest BCUT2D eigenvalue weighted by molar-refractivity contribution is -0.133. The summed E-state index contributed by atoms with van der Waals surface area (Å²) in [5.74, 6) is -0.146. The Morgan fingerprint density at radius 1 is 1.32 bits per heavy atom. The van der Waals surface area contributed by atoms with E-state index >= 15 is 0 Å². The Morgan fingerprint density at radius 2 is 2.00 bits per heavy atom. The Balaban J connectivity index is 1.99. The largest absolute Gasteiger partial charge is 0.339 e. The normalized spacial score (nSPS) is 19.2. The average molecular weight is 389 g/mol. The highest BCUT2D eigenvalue weighted by molar-refractivity contribution is 9.10. The molecule has 1 aliphatic rings. The monoisotopic (exact) mass is 388 g/mol. The molecule has 7 heteroatoms. The second-order valence-electron chi connectivity index (χ2n) is 5.42. The van der Waals surface area contributed by atoms with Gasteiger partial charge in [0.1, 0.15) is 0 Å². The molecular formula is C15H21BrN2O3S. The first-order valence-electron chi connectivity index (χ1n) is 7.48. The number of hydrogen-bond donors (Lipinski definition) is 1. The van der Waals surface area contributed by atoms with Gasteiger partial charge in [-0.1, -0.05) is 22.9 Å². The van der Waals surface area contributed by atoms with Crippen LogP contribution >= 0.6 is 15.9 Å². The summed E-state index contributed by atoms with van der Waals surface area (Å²) in [6.45, 7) is 2.59. The minimum Gasteiger partial charge on any atom is -0.339 e. The molecule has 1 aromatic carbocycles. The van der Waals surface area contributed by atoms with Crippen LogP contribution in [0.25, 0.3) is 0 Å². The fourth-order valence-electron chi connectivity index (χ4n) is 2.71. The lowest BCUT2D eigenvalue weighted by atomic mass is 10.00. The highest BCUT2D eigenvalue weighted by atomic mass is 79.9. The SMILES string of the molecule is CCC1CCCCN1C(=O)CNS(=O)(=O)c1ccc(Br)cc1. The molecule has 1 N–H and O–H groups in total. The van der Waals surface area contributed by atoms with Crippen LogP contribution in [0.4, 0.5) is 0 Å². The summed E-state index contributed by atoms with van der Waals surface area (Å²) in [5.41, 5.74) is 0. The number of sulfonamides is 1. The molecule has 0 aliphatic carbocycles. The average Bonchev–Trinajstić information content (AvgIpc) is 2.53. The van der Waals surface area contributed by atoms with E-state index in [9.17, 15) is 13.2 Å². The van der Waals surface area contributed by atoms with Gasteiger partial charge in [0.05, 0.1) is 11.4 Å². The molecule has 22 heavy (non-hydrogen) atoms. The van der Waals surface area contributed by atoms with Crippen LogP contribution in [0.2, 0.25) is 0 Å². The fourth-order valence-corrected chi connectivity index (χ4v) is 3.95. The first-order chi connectivity index (χ1) is 10.4. The summed E-state index contributed by atoms with van der Waals surface area (Å²) in [4.78, 5) is 14.3. The third-order valence-corrected chi connectivity index (χ3v) is 5.90. The molecule has 1 saturated heterocycles. The zero-order valence-corrected chi connectivity index (χ0v) is 15.0. The number of rotatable bonds is 5. The number of hydrogen-bond acceptors (Lipinski definition) is 3. The van der Waals surface area contributed by atoms with Gasteiger partial charge < -0.3 is 4.90 Å². The van der Waals surface area contributed by atoms with Gasteiger partial charge in [0, 0.05) is 17.1 Å². The molecule has 1 amide bonds. The minimum absolute atomic E-state index is 0.146. The van der Waals surface area contributed by atoms with Crippen molar-refractivity contribution in [2.45, 2.75) is 43.5 Å². The Hall–Kier alpha value is -0.920. The molecule has 122 valence electrons. The van der Waals surface area contributed by atoms with E-state index in [2.05, 4.69) is 27.6 Å². The number of likely N-dealkylation sites (tertiary alicyclic amines) is 1. The van der Waals surface area contributed by atoms with Crippen molar-refractivity contribution in [3.05, 3.63) is 28.7 Å². The van der Waals surface area contributed by atoms with E-state index in [0.717, 1.165) is 36.7 Å². The molecule has 1 aromatic rings. The van der Waals surface area contributed by atoms with Crippen LogP contribution in [0.5, 0.6) is 0 Å². The Kier molecular flexibility index (Phi) is 6.00. The molecule has 1 aliphatic heterocycles. The van der Waals surface area contributed by atoms with Gasteiger partial charge >= 0.3 is 0 Å². The molecule has 1 atom stereocenters. The molecule has 0 bridgehead atoms. The molecule has 5 nitrogen and oxygen atoms in total. The van der Waals surface area contributed by atoms with Crippen LogP contribution in [-0.4, -0.2) is 38.4 Å². The zero-order valence-electron chi connectivity index (χ0n) is 12.6. The van der Waals surface area contributed by atoms with Crippen LogP contribution < -0.4 is 4.72 Å². The van der Waals surface area contributed by atoms with Gasteiger partial charge in [-0.3, -0.25) is 4.79 Å². The van der Waals surface area contributed by atoms with Crippen LogP contribution in [0, 0.1) is 0 Å². The van der Waals surface area contributed by atoms with E-state index in [4.69, 9.17) is 0 Å². The van der Waals surface area contributed by atoms with Crippen molar-refractivity contribution in [3.8, 4) is 0 Å². The van der Waals surface area contributed by atoms with Crippen molar-refractivity contribution in [2.75, 3.05) is 13.1 Å². The molecule has 0 spiro atoms. The maximum atomic E-state index is 12.3. The first kappa shape index (κ1) is 17.4. The number of amides is 1. The van der Waals surface area contributed by atoms with Crippen LogP contribution in [0.15, 0.2) is 33.6 Å². The predicted molar refractivity (Wildman–Crippen MR) is 89.0 cm³/mol. The van der Waals surface area contributed by atoms with Gasteiger partial charge in [0.25, 0.3) is 0 Å². The van der Waals surface area contributed by atoms with Gasteiger partial charge in [-0.05, 0) is 49.9 Å². The maximum absolute atomic E-state index is 12.3. The lowest BCUT2D eigenvalue weighted by Crippen LogP contribution is -2.47. The number of benzene rings is 1. The smallest absolute Gasteiger partial charge is 0.241 e. The molecular weight excluding hydrogens is 368 g/mol. The van der Waals surface area contributed by atoms with Crippen LogP contribution in [0.3, 0.4) is 0 Å². The molecule has 0 radical (unpaired) electrons. The first-order valence-corrected chi connectivity index (χ1v) is 9.76. The molecule has 1 fully saturated rings. The summed E-state index contributed by atoms with van der Waals surface area (Å²) in [6.07, 6.45) is 4.03. The van der Waals surface area contributed by atoms with Crippen molar-refractivity contribution in [1.29, 1.82) is 0 Å². The van der Waals surface area contributed by atoms with E-state index in [-0.39, 0.29) is 23.4 Å². The third-order valence-electron chi connectivity index (χ3n) is 3.96. The van der Waals surface area contributed by atoms with E-state index in [1.165, 1.54) is 12.1 Å². The van der Waals surface area contributed by atoms with Gasteiger partial charge in [-0.15, -0.1) is 0 Å². The Labute approximate surface area is 140 Å². The molecule has 1 unspecified atom stereocenters. The zero-order chi connectivity index (χ0) is 16.2. The summed E-state index contributed by atoms with van der Waals surface area (Å²) in [7, 11) is -3.65. The van der Waals surface area contributed by atoms with Crippen molar-refractivity contribution in [1.82, 2.24) is 9.62 Å². The van der Waals surface area contributed by atoms with Crippen molar-refractivity contribution in [3.63, 3.8) is 0 Å². The highest BCUT2D eigenvalue weighted by Crippen LogP contribution is 2.19. The van der Waals surface area contributed by atoms with Gasteiger partial charge in [-0.25, -0.2) is 13.1 Å². The van der Waals surface area contributed by atoms with Crippen molar-refractivity contribution >= 4 is 31.9 Å². The standard InChI is InChI=1S/C15H21BrN2O3S/c1-2-13-5-3-4-10-18(13)15(19)11-17-22(20,21)14-8-6-12(16)7-9-14/h6-9,13,17H,2-5,10-11H2,1H3. The minimum atomic E-state index is -3.65. The predicted octanol–water partition coefficient (Wildman–Crippen LogP) is 2.52.